The summed E-state index contributed by atoms with van der Waals surface area (Å²) < 4.78 is 58.0. The lowest BCUT2D eigenvalue weighted by molar-refractivity contribution is -0.137. The molecule has 2 aromatic rings. The summed E-state index contributed by atoms with van der Waals surface area (Å²) in [6.07, 6.45) is -3.93. The third kappa shape index (κ3) is 4.33. The fourth-order valence-electron chi connectivity index (χ4n) is 1.91. The van der Waals surface area contributed by atoms with Gasteiger partial charge < -0.3 is 9.64 Å². The summed E-state index contributed by atoms with van der Waals surface area (Å²) in [5.74, 6) is -0.663. The van der Waals surface area contributed by atoms with Crippen LogP contribution in [0.5, 0.6) is 6.01 Å². The van der Waals surface area contributed by atoms with Crippen LogP contribution in [0.15, 0.2) is 30.5 Å². The highest BCUT2D eigenvalue weighted by Crippen LogP contribution is 2.37. The molecule has 24 heavy (non-hydrogen) atoms. The summed E-state index contributed by atoms with van der Waals surface area (Å²) in [5.41, 5.74) is -0.637. The van der Waals surface area contributed by atoms with Crippen molar-refractivity contribution in [1.82, 2.24) is 9.97 Å². The van der Waals surface area contributed by atoms with Gasteiger partial charge in [0.05, 0.1) is 6.61 Å². The second-order valence-electron chi connectivity index (χ2n) is 5.63. The quantitative estimate of drug-likeness (QED) is 0.753. The van der Waals surface area contributed by atoms with Gasteiger partial charge in [0.1, 0.15) is 11.4 Å². The molecule has 0 atom stereocenters. The molecule has 8 heteroatoms. The van der Waals surface area contributed by atoms with Crippen molar-refractivity contribution >= 4 is 11.5 Å². The number of nitrogens with zero attached hydrogens (tertiary/aromatic N) is 3. The summed E-state index contributed by atoms with van der Waals surface area (Å²) in [5, 5.41) is 0. The minimum Gasteiger partial charge on any atom is -0.463 e. The first kappa shape index (κ1) is 18.0. The van der Waals surface area contributed by atoms with Crippen molar-refractivity contribution in [3.05, 3.63) is 41.8 Å². The lowest BCUT2D eigenvalue weighted by Gasteiger charge is -2.22. The average molecular weight is 343 g/mol. The maximum absolute atomic E-state index is 13.2. The number of hydrogen-bond acceptors (Lipinski definition) is 4. The van der Waals surface area contributed by atoms with Gasteiger partial charge in [0.2, 0.25) is 0 Å². The Morgan fingerprint density at radius 2 is 1.79 bits per heavy atom. The Kier molecular flexibility index (Phi) is 5.26. The number of aromatic nitrogens is 2. The molecule has 130 valence electrons. The van der Waals surface area contributed by atoms with E-state index in [1.165, 1.54) is 24.1 Å². The van der Waals surface area contributed by atoms with Crippen LogP contribution in [0.4, 0.5) is 29.1 Å². The van der Waals surface area contributed by atoms with Gasteiger partial charge in [-0.3, -0.25) is 0 Å². The highest BCUT2D eigenvalue weighted by molar-refractivity contribution is 5.62. The van der Waals surface area contributed by atoms with Crippen molar-refractivity contribution in [3.63, 3.8) is 0 Å². The zero-order valence-electron chi connectivity index (χ0n) is 13.4. The fraction of sp³-hybridized carbons (Fsp3) is 0.375. The Bertz CT molecular complexity index is 687. The van der Waals surface area contributed by atoms with Gasteiger partial charge in [-0.25, -0.2) is 9.37 Å². The molecule has 0 saturated carbocycles. The first-order valence-electron chi connectivity index (χ1n) is 7.25. The normalized spacial score (nSPS) is 11.7. The first-order valence-corrected chi connectivity index (χ1v) is 7.25. The van der Waals surface area contributed by atoms with Crippen molar-refractivity contribution < 1.29 is 22.3 Å². The van der Waals surface area contributed by atoms with Crippen LogP contribution in [0.3, 0.4) is 0 Å². The lowest BCUT2D eigenvalue weighted by Crippen LogP contribution is -2.20. The Labute approximate surface area is 137 Å². The standard InChI is InChI=1S/C16H17F4N3O/c1-10(2)9-24-15-21-8-13(16(18,19)20)14(22-15)23(3)12-6-4-11(17)5-7-12/h4-8,10H,9H2,1-3H3. The van der Waals surface area contributed by atoms with Crippen molar-refractivity contribution in [2.24, 2.45) is 5.92 Å². The number of ether oxygens (including phenoxy) is 1. The molecular weight excluding hydrogens is 326 g/mol. The Hall–Kier alpha value is -2.38. The highest BCUT2D eigenvalue weighted by Gasteiger charge is 2.36. The monoisotopic (exact) mass is 343 g/mol. The predicted molar refractivity (Wildman–Crippen MR) is 81.8 cm³/mol. The number of halogens is 4. The molecule has 0 radical (unpaired) electrons. The topological polar surface area (TPSA) is 38.2 Å². The van der Waals surface area contributed by atoms with E-state index in [-0.39, 0.29) is 24.4 Å². The number of anilines is 2. The van der Waals surface area contributed by atoms with Crippen LogP contribution in [-0.4, -0.2) is 23.6 Å². The molecular formula is C16H17F4N3O. The molecule has 0 bridgehead atoms. The fourth-order valence-corrected chi connectivity index (χ4v) is 1.91. The first-order chi connectivity index (χ1) is 11.2. The maximum atomic E-state index is 13.2. The van der Waals surface area contributed by atoms with Crippen LogP contribution < -0.4 is 9.64 Å². The van der Waals surface area contributed by atoms with Crippen molar-refractivity contribution in [2.45, 2.75) is 20.0 Å². The van der Waals surface area contributed by atoms with Gasteiger partial charge in [-0.05, 0) is 30.2 Å². The van der Waals surface area contributed by atoms with Gasteiger partial charge in [0.25, 0.3) is 0 Å². The van der Waals surface area contributed by atoms with E-state index in [1.54, 1.807) is 0 Å². The van der Waals surface area contributed by atoms with Crippen molar-refractivity contribution in [3.8, 4) is 6.01 Å². The van der Waals surface area contributed by atoms with E-state index in [1.807, 2.05) is 13.8 Å². The minimum atomic E-state index is -4.62. The van der Waals surface area contributed by atoms with E-state index in [0.717, 1.165) is 12.1 Å². The average Bonchev–Trinajstić information content (AvgIpc) is 2.51. The van der Waals surface area contributed by atoms with Crippen LogP contribution in [-0.2, 0) is 6.18 Å². The molecule has 2 rings (SSSR count). The second-order valence-corrected chi connectivity index (χ2v) is 5.63. The smallest absolute Gasteiger partial charge is 0.421 e. The molecule has 0 saturated heterocycles. The van der Waals surface area contributed by atoms with Gasteiger partial charge in [0, 0.05) is 18.9 Å². The van der Waals surface area contributed by atoms with E-state index in [2.05, 4.69) is 9.97 Å². The summed E-state index contributed by atoms with van der Waals surface area (Å²) in [6, 6.07) is 4.92. The molecule has 0 spiro atoms. The van der Waals surface area contributed by atoms with Crippen LogP contribution in [0, 0.1) is 11.7 Å². The Balaban J connectivity index is 2.42. The lowest BCUT2D eigenvalue weighted by atomic mass is 10.2. The van der Waals surface area contributed by atoms with E-state index >= 15 is 0 Å². The highest BCUT2D eigenvalue weighted by atomic mass is 19.4. The minimum absolute atomic E-state index is 0.138. The SMILES string of the molecule is CC(C)COc1ncc(C(F)(F)F)c(N(C)c2ccc(F)cc2)n1. The Morgan fingerprint density at radius 1 is 1.17 bits per heavy atom. The molecule has 0 N–H and O–H groups in total. The molecule has 1 heterocycles. The zero-order chi connectivity index (χ0) is 17.9. The van der Waals surface area contributed by atoms with E-state index in [4.69, 9.17) is 4.74 Å². The van der Waals surface area contributed by atoms with Gasteiger partial charge >= 0.3 is 12.2 Å². The summed E-state index contributed by atoms with van der Waals surface area (Å²) >= 11 is 0. The van der Waals surface area contributed by atoms with E-state index in [9.17, 15) is 17.6 Å². The molecule has 0 aliphatic heterocycles. The zero-order valence-corrected chi connectivity index (χ0v) is 13.4. The summed E-state index contributed by atoms with van der Waals surface area (Å²) in [4.78, 5) is 8.73. The van der Waals surface area contributed by atoms with Crippen LogP contribution >= 0.6 is 0 Å². The number of benzene rings is 1. The third-order valence-electron chi connectivity index (χ3n) is 3.13. The molecule has 0 amide bonds. The molecule has 0 fully saturated rings. The van der Waals surface area contributed by atoms with Crippen LogP contribution in [0.2, 0.25) is 0 Å². The maximum Gasteiger partial charge on any atom is 0.421 e. The summed E-state index contributed by atoms with van der Waals surface area (Å²) in [7, 11) is 1.41. The molecule has 1 aromatic carbocycles. The second kappa shape index (κ2) is 7.02. The van der Waals surface area contributed by atoms with E-state index < -0.39 is 17.6 Å². The van der Waals surface area contributed by atoms with Gasteiger partial charge in [-0.1, -0.05) is 13.8 Å². The van der Waals surface area contributed by atoms with Crippen molar-refractivity contribution in [1.29, 1.82) is 0 Å². The number of rotatable bonds is 5. The van der Waals surface area contributed by atoms with E-state index in [0.29, 0.717) is 11.9 Å². The Morgan fingerprint density at radius 3 is 2.33 bits per heavy atom. The van der Waals surface area contributed by atoms with Gasteiger partial charge in [-0.15, -0.1) is 0 Å². The largest absolute Gasteiger partial charge is 0.463 e. The molecule has 0 unspecified atom stereocenters. The van der Waals surface area contributed by atoms with Crippen LogP contribution in [0.25, 0.3) is 0 Å². The molecule has 1 aromatic heterocycles. The van der Waals surface area contributed by atoms with Gasteiger partial charge in [-0.2, -0.15) is 18.2 Å². The number of hydrogen-bond donors (Lipinski definition) is 0. The van der Waals surface area contributed by atoms with Crippen molar-refractivity contribution in [2.75, 3.05) is 18.6 Å². The van der Waals surface area contributed by atoms with Gasteiger partial charge in [0.15, 0.2) is 5.82 Å². The third-order valence-corrected chi connectivity index (χ3v) is 3.13. The number of alkyl halides is 3. The predicted octanol–water partition coefficient (Wildman–Crippen LogP) is 4.44. The van der Waals surface area contributed by atoms with Crippen LogP contribution in [0.1, 0.15) is 19.4 Å². The molecule has 0 aliphatic carbocycles. The molecule has 4 nitrogen and oxygen atoms in total. The molecule has 0 aliphatic rings. The summed E-state index contributed by atoms with van der Waals surface area (Å²) in [6.45, 7) is 4.08.